The summed E-state index contributed by atoms with van der Waals surface area (Å²) < 4.78 is 5.01. The number of nitrogens with one attached hydrogen (secondary N) is 1. The average Bonchev–Trinajstić information content (AvgIpc) is 3.06. The fraction of sp³-hybridized carbons (Fsp3) is 0.333. The van der Waals surface area contributed by atoms with E-state index in [0.717, 1.165) is 23.4 Å². The van der Waals surface area contributed by atoms with Gasteiger partial charge in [-0.3, -0.25) is 4.79 Å². The van der Waals surface area contributed by atoms with Crippen LogP contribution in [0.3, 0.4) is 0 Å². The van der Waals surface area contributed by atoms with Crippen molar-refractivity contribution in [3.8, 4) is 0 Å². The number of hydrogen-bond acceptors (Lipinski definition) is 4. The van der Waals surface area contributed by atoms with E-state index >= 15 is 0 Å². The van der Waals surface area contributed by atoms with Crippen LogP contribution in [0.25, 0.3) is 0 Å². The molecule has 0 radical (unpaired) electrons. The number of carbonyl (C=O) groups excluding carboxylic acids is 1. The minimum absolute atomic E-state index is 0.0122. The lowest BCUT2D eigenvalue weighted by molar-refractivity contribution is 0.0660. The zero-order valence-electron chi connectivity index (χ0n) is 11.6. The second-order valence-electron chi connectivity index (χ2n) is 5.09. The van der Waals surface area contributed by atoms with E-state index in [4.69, 9.17) is 9.52 Å². The van der Waals surface area contributed by atoms with Gasteiger partial charge in [0.2, 0.25) is 5.76 Å². The first-order valence-electron chi connectivity index (χ1n) is 6.82. The van der Waals surface area contributed by atoms with Crippen molar-refractivity contribution in [1.29, 1.82) is 0 Å². The van der Waals surface area contributed by atoms with Crippen molar-refractivity contribution in [3.05, 3.63) is 39.7 Å². The van der Waals surface area contributed by atoms with Crippen molar-refractivity contribution >= 4 is 28.2 Å². The molecule has 2 aromatic heterocycles. The van der Waals surface area contributed by atoms with Gasteiger partial charge in [0.05, 0.1) is 5.00 Å². The number of fused-ring (bicyclic) bond motifs is 1. The number of furan rings is 1. The van der Waals surface area contributed by atoms with Gasteiger partial charge in [0.1, 0.15) is 0 Å². The molecule has 0 unspecified atom stereocenters. The Balaban J connectivity index is 1.81. The smallest absolute Gasteiger partial charge is 0.371 e. The van der Waals surface area contributed by atoms with Gasteiger partial charge in [-0.15, -0.1) is 11.3 Å². The number of carboxylic acids is 1. The van der Waals surface area contributed by atoms with E-state index in [1.165, 1.54) is 35.4 Å². The largest absolute Gasteiger partial charge is 0.475 e. The Morgan fingerprint density at radius 3 is 2.62 bits per heavy atom. The maximum Gasteiger partial charge on any atom is 0.371 e. The van der Waals surface area contributed by atoms with E-state index in [0.29, 0.717) is 0 Å². The van der Waals surface area contributed by atoms with Crippen LogP contribution in [-0.4, -0.2) is 17.0 Å². The van der Waals surface area contributed by atoms with Crippen molar-refractivity contribution in [2.45, 2.75) is 32.6 Å². The highest BCUT2D eigenvalue weighted by Gasteiger charge is 2.21. The standard InChI is InChI=1S/C15H15NO4S/c1-8-9-4-2-3-5-12(9)21-14(8)16-13(17)10-6-7-11(20-10)15(18)19/h6-7H,2-5H2,1H3,(H,16,17)(H,18,19). The van der Waals surface area contributed by atoms with E-state index < -0.39 is 11.9 Å². The predicted molar refractivity (Wildman–Crippen MR) is 79.3 cm³/mol. The van der Waals surface area contributed by atoms with Gasteiger partial charge in [-0.05, 0) is 55.9 Å². The summed E-state index contributed by atoms with van der Waals surface area (Å²) in [5.41, 5.74) is 2.47. The van der Waals surface area contributed by atoms with Gasteiger partial charge in [-0.25, -0.2) is 4.79 Å². The quantitative estimate of drug-likeness (QED) is 0.910. The highest BCUT2D eigenvalue weighted by molar-refractivity contribution is 7.16. The van der Waals surface area contributed by atoms with Gasteiger partial charge in [0.15, 0.2) is 5.76 Å². The molecule has 0 saturated heterocycles. The first kappa shape index (κ1) is 13.9. The summed E-state index contributed by atoms with van der Waals surface area (Å²) in [4.78, 5) is 24.2. The number of anilines is 1. The maximum absolute atomic E-state index is 12.1. The number of carbonyl (C=O) groups is 2. The van der Waals surface area contributed by atoms with Crippen molar-refractivity contribution in [2.24, 2.45) is 0 Å². The third-order valence-electron chi connectivity index (χ3n) is 3.70. The molecule has 0 aliphatic heterocycles. The molecule has 2 aromatic rings. The summed E-state index contributed by atoms with van der Waals surface area (Å²) in [7, 11) is 0. The molecule has 1 aliphatic carbocycles. The molecule has 0 saturated carbocycles. The minimum Gasteiger partial charge on any atom is -0.475 e. The van der Waals surface area contributed by atoms with Gasteiger partial charge >= 0.3 is 5.97 Å². The lowest BCUT2D eigenvalue weighted by Gasteiger charge is -2.10. The molecule has 0 bridgehead atoms. The second kappa shape index (κ2) is 5.37. The molecule has 21 heavy (non-hydrogen) atoms. The molecule has 5 nitrogen and oxygen atoms in total. The minimum atomic E-state index is -1.18. The van der Waals surface area contributed by atoms with Crippen molar-refractivity contribution in [3.63, 3.8) is 0 Å². The monoisotopic (exact) mass is 305 g/mol. The summed E-state index contributed by atoms with van der Waals surface area (Å²) in [5, 5.41) is 12.5. The number of hydrogen-bond donors (Lipinski definition) is 2. The fourth-order valence-corrected chi connectivity index (χ4v) is 3.87. The SMILES string of the molecule is Cc1c(NC(=O)c2ccc(C(=O)O)o2)sc2c1CCCC2. The van der Waals surface area contributed by atoms with Crippen molar-refractivity contribution in [1.82, 2.24) is 0 Å². The summed E-state index contributed by atoms with van der Waals surface area (Å²) in [5.74, 6) is -1.82. The lowest BCUT2D eigenvalue weighted by atomic mass is 9.96. The molecular weight excluding hydrogens is 290 g/mol. The lowest BCUT2D eigenvalue weighted by Crippen LogP contribution is -2.10. The molecular formula is C15H15NO4S. The van der Waals surface area contributed by atoms with Gasteiger partial charge in [0.25, 0.3) is 5.91 Å². The molecule has 0 spiro atoms. The molecule has 2 heterocycles. The number of aryl methyl sites for hydroxylation is 1. The normalized spacial score (nSPS) is 13.8. The summed E-state index contributed by atoms with van der Waals surface area (Å²) in [6, 6.07) is 2.66. The number of carboxylic acid groups (broad SMARTS) is 1. The molecule has 2 N–H and O–H groups in total. The van der Waals surface area contributed by atoms with Gasteiger partial charge in [-0.2, -0.15) is 0 Å². The molecule has 6 heteroatoms. The Morgan fingerprint density at radius 1 is 1.24 bits per heavy atom. The fourth-order valence-electron chi connectivity index (χ4n) is 2.58. The van der Waals surface area contributed by atoms with E-state index in [9.17, 15) is 9.59 Å². The Morgan fingerprint density at radius 2 is 1.95 bits per heavy atom. The van der Waals surface area contributed by atoms with Gasteiger partial charge in [-0.1, -0.05) is 0 Å². The molecule has 1 amide bonds. The molecule has 0 fully saturated rings. The third kappa shape index (κ3) is 2.58. The zero-order valence-corrected chi connectivity index (χ0v) is 12.4. The van der Waals surface area contributed by atoms with Crippen LogP contribution in [0.5, 0.6) is 0 Å². The Kier molecular flexibility index (Phi) is 3.55. The van der Waals surface area contributed by atoms with E-state index in [1.807, 2.05) is 6.92 Å². The van der Waals surface area contributed by atoms with Crippen molar-refractivity contribution in [2.75, 3.05) is 5.32 Å². The van der Waals surface area contributed by atoms with Gasteiger partial charge < -0.3 is 14.8 Å². The molecule has 0 aromatic carbocycles. The number of aromatic carboxylic acids is 1. The van der Waals surface area contributed by atoms with Crippen LogP contribution < -0.4 is 5.32 Å². The highest BCUT2D eigenvalue weighted by Crippen LogP contribution is 2.37. The zero-order chi connectivity index (χ0) is 15.0. The Bertz CT molecular complexity index is 713. The average molecular weight is 305 g/mol. The maximum atomic E-state index is 12.1. The third-order valence-corrected chi connectivity index (χ3v) is 5.01. The number of rotatable bonds is 3. The second-order valence-corrected chi connectivity index (χ2v) is 6.19. The van der Waals surface area contributed by atoms with Crippen LogP contribution in [-0.2, 0) is 12.8 Å². The van der Waals surface area contributed by atoms with E-state index in [1.54, 1.807) is 11.3 Å². The van der Waals surface area contributed by atoms with Gasteiger partial charge in [0, 0.05) is 4.88 Å². The van der Waals surface area contributed by atoms with Crippen molar-refractivity contribution < 1.29 is 19.1 Å². The highest BCUT2D eigenvalue weighted by atomic mass is 32.1. The summed E-state index contributed by atoms with van der Waals surface area (Å²) in [6.07, 6.45) is 4.52. The summed E-state index contributed by atoms with van der Waals surface area (Å²) in [6.45, 7) is 2.01. The van der Waals surface area contributed by atoms with E-state index in [2.05, 4.69) is 5.32 Å². The Labute approximate surface area is 125 Å². The van der Waals surface area contributed by atoms with Crippen LogP contribution in [0.4, 0.5) is 5.00 Å². The first-order chi connectivity index (χ1) is 10.1. The molecule has 110 valence electrons. The molecule has 3 rings (SSSR count). The van der Waals surface area contributed by atoms with E-state index in [-0.39, 0.29) is 11.5 Å². The first-order valence-corrected chi connectivity index (χ1v) is 7.63. The van der Waals surface area contributed by atoms with Crippen LogP contribution in [0.2, 0.25) is 0 Å². The molecule has 1 aliphatic rings. The van der Waals surface area contributed by atoms with Crippen LogP contribution in [0.15, 0.2) is 16.5 Å². The number of thiophene rings is 1. The number of amides is 1. The van der Waals surface area contributed by atoms with Crippen LogP contribution in [0, 0.1) is 6.92 Å². The van der Waals surface area contributed by atoms with Crippen LogP contribution >= 0.6 is 11.3 Å². The molecule has 0 atom stereocenters. The predicted octanol–water partition coefficient (Wildman–Crippen LogP) is 3.48. The van der Waals surface area contributed by atoms with Crippen LogP contribution in [0.1, 0.15) is 50.0 Å². The Hall–Kier alpha value is -2.08. The topological polar surface area (TPSA) is 79.5 Å². The summed E-state index contributed by atoms with van der Waals surface area (Å²) >= 11 is 1.61.